The first-order valence-electron chi connectivity index (χ1n) is 8.94. The zero-order valence-electron chi connectivity index (χ0n) is 16.1. The fourth-order valence-electron chi connectivity index (χ4n) is 2.77. The normalized spacial score (nSPS) is 11.1. The molecule has 3 rings (SSSR count). The standard InChI is InChI=1S/C24H19BrFNO2/c1-16-7-9-17(10-8-16)20(14-27)11-19-12-23(28-2)24(13-21(19)25)29-15-18-5-3-4-6-22(18)26/h3-13H,15H2,1-2H3/b20-11-. The van der Waals surface area contributed by atoms with Crippen LogP contribution in [0.3, 0.4) is 0 Å². The maximum absolute atomic E-state index is 13.8. The Hall–Kier alpha value is -3.10. The molecule has 29 heavy (non-hydrogen) atoms. The molecule has 3 aromatic carbocycles. The monoisotopic (exact) mass is 451 g/mol. The summed E-state index contributed by atoms with van der Waals surface area (Å²) in [5.41, 5.74) is 3.74. The molecule has 0 radical (unpaired) electrons. The number of allylic oxidation sites excluding steroid dienone is 1. The Bertz CT molecular complexity index is 1090. The largest absolute Gasteiger partial charge is 0.493 e. The first kappa shape index (κ1) is 20.6. The van der Waals surface area contributed by atoms with Crippen LogP contribution in [-0.2, 0) is 6.61 Å². The smallest absolute Gasteiger partial charge is 0.162 e. The van der Waals surface area contributed by atoms with Crippen molar-refractivity contribution in [3.8, 4) is 17.6 Å². The number of methoxy groups -OCH3 is 1. The minimum atomic E-state index is -0.318. The highest BCUT2D eigenvalue weighted by Crippen LogP contribution is 2.36. The number of hydrogen-bond donors (Lipinski definition) is 0. The molecule has 146 valence electrons. The van der Waals surface area contributed by atoms with E-state index < -0.39 is 0 Å². The Morgan fingerprint density at radius 1 is 1.10 bits per heavy atom. The van der Waals surface area contributed by atoms with E-state index in [9.17, 15) is 9.65 Å². The first-order valence-corrected chi connectivity index (χ1v) is 9.73. The predicted octanol–water partition coefficient (Wildman–Crippen LogP) is 6.55. The second-order valence-corrected chi connectivity index (χ2v) is 7.29. The average Bonchev–Trinajstić information content (AvgIpc) is 2.73. The fourth-order valence-corrected chi connectivity index (χ4v) is 3.21. The van der Waals surface area contributed by atoms with Crippen LogP contribution in [0.25, 0.3) is 11.6 Å². The zero-order valence-corrected chi connectivity index (χ0v) is 17.7. The summed E-state index contributed by atoms with van der Waals surface area (Å²) in [5, 5.41) is 9.59. The number of benzene rings is 3. The molecule has 5 heteroatoms. The van der Waals surface area contributed by atoms with E-state index in [2.05, 4.69) is 22.0 Å². The van der Waals surface area contributed by atoms with E-state index in [4.69, 9.17) is 9.47 Å². The van der Waals surface area contributed by atoms with Gasteiger partial charge in [0.05, 0.1) is 18.8 Å². The van der Waals surface area contributed by atoms with Gasteiger partial charge in [-0.15, -0.1) is 0 Å². The van der Waals surface area contributed by atoms with Crippen LogP contribution in [0.1, 0.15) is 22.3 Å². The van der Waals surface area contributed by atoms with Crippen LogP contribution >= 0.6 is 15.9 Å². The molecule has 0 aliphatic heterocycles. The highest BCUT2D eigenvalue weighted by atomic mass is 79.9. The van der Waals surface area contributed by atoms with E-state index in [0.29, 0.717) is 22.6 Å². The summed E-state index contributed by atoms with van der Waals surface area (Å²) in [6.07, 6.45) is 1.79. The molecule has 0 spiro atoms. The van der Waals surface area contributed by atoms with Crippen molar-refractivity contribution in [2.75, 3.05) is 7.11 Å². The van der Waals surface area contributed by atoms with Gasteiger partial charge in [-0.1, -0.05) is 64.0 Å². The Labute approximate surface area is 178 Å². The molecule has 3 nitrogen and oxygen atoms in total. The molecule has 0 N–H and O–H groups in total. The molecule has 0 aliphatic rings. The quantitative estimate of drug-likeness (QED) is 0.315. The molecule has 0 aromatic heterocycles. The molecular weight excluding hydrogens is 433 g/mol. The Kier molecular flexibility index (Phi) is 6.69. The second-order valence-electron chi connectivity index (χ2n) is 6.44. The van der Waals surface area contributed by atoms with Gasteiger partial charge in [0.15, 0.2) is 11.5 Å². The molecule has 0 amide bonds. The van der Waals surface area contributed by atoms with Gasteiger partial charge >= 0.3 is 0 Å². The molecule has 0 atom stereocenters. The Morgan fingerprint density at radius 3 is 2.48 bits per heavy atom. The number of halogens is 2. The molecule has 0 saturated carbocycles. The van der Waals surface area contributed by atoms with E-state index in [1.165, 1.54) is 13.2 Å². The van der Waals surface area contributed by atoms with Crippen molar-refractivity contribution in [1.29, 1.82) is 5.26 Å². The molecule has 0 unspecified atom stereocenters. The second kappa shape index (κ2) is 9.40. The minimum absolute atomic E-state index is 0.0808. The van der Waals surface area contributed by atoms with Crippen molar-refractivity contribution in [3.05, 3.63) is 93.2 Å². The summed E-state index contributed by atoms with van der Waals surface area (Å²) in [4.78, 5) is 0. The number of ether oxygens (including phenoxy) is 2. The number of rotatable bonds is 6. The van der Waals surface area contributed by atoms with Crippen molar-refractivity contribution < 1.29 is 13.9 Å². The van der Waals surface area contributed by atoms with Crippen molar-refractivity contribution in [2.24, 2.45) is 0 Å². The van der Waals surface area contributed by atoms with Gasteiger partial charge in [-0.2, -0.15) is 5.26 Å². The third-order valence-electron chi connectivity index (χ3n) is 4.41. The van der Waals surface area contributed by atoms with Gasteiger partial charge in [-0.3, -0.25) is 0 Å². The highest BCUT2D eigenvalue weighted by molar-refractivity contribution is 9.10. The number of nitriles is 1. The summed E-state index contributed by atoms with van der Waals surface area (Å²) in [5.74, 6) is 0.660. The van der Waals surface area contributed by atoms with Crippen LogP contribution in [0.2, 0.25) is 0 Å². The number of aryl methyl sites for hydroxylation is 1. The molecular formula is C24H19BrFNO2. The summed E-state index contributed by atoms with van der Waals surface area (Å²) < 4.78 is 25.8. The van der Waals surface area contributed by atoms with E-state index in [1.54, 1.807) is 36.4 Å². The van der Waals surface area contributed by atoms with Crippen LogP contribution in [-0.4, -0.2) is 7.11 Å². The lowest BCUT2D eigenvalue weighted by atomic mass is 10.0. The predicted molar refractivity (Wildman–Crippen MR) is 116 cm³/mol. The molecule has 0 bridgehead atoms. The molecule has 0 aliphatic carbocycles. The van der Waals surface area contributed by atoms with Crippen LogP contribution in [0.15, 0.2) is 65.1 Å². The zero-order chi connectivity index (χ0) is 20.8. The average molecular weight is 452 g/mol. The third kappa shape index (κ3) is 5.04. The lowest BCUT2D eigenvalue weighted by Gasteiger charge is -2.13. The van der Waals surface area contributed by atoms with Gasteiger partial charge in [-0.25, -0.2) is 4.39 Å². The van der Waals surface area contributed by atoms with Gasteiger partial charge < -0.3 is 9.47 Å². The Morgan fingerprint density at radius 2 is 1.83 bits per heavy atom. The summed E-state index contributed by atoms with van der Waals surface area (Å²) in [7, 11) is 1.54. The summed E-state index contributed by atoms with van der Waals surface area (Å²) in [6.45, 7) is 2.08. The Balaban J connectivity index is 1.90. The van der Waals surface area contributed by atoms with E-state index in [0.717, 1.165) is 21.2 Å². The van der Waals surface area contributed by atoms with Crippen molar-refractivity contribution >= 4 is 27.6 Å². The lowest BCUT2D eigenvalue weighted by molar-refractivity contribution is 0.279. The maximum atomic E-state index is 13.8. The van der Waals surface area contributed by atoms with Gasteiger partial charge in [0.25, 0.3) is 0 Å². The molecule has 0 fully saturated rings. The van der Waals surface area contributed by atoms with Crippen molar-refractivity contribution in [1.82, 2.24) is 0 Å². The highest BCUT2D eigenvalue weighted by Gasteiger charge is 2.12. The summed E-state index contributed by atoms with van der Waals surface area (Å²) in [6, 6.07) is 20.0. The number of hydrogen-bond acceptors (Lipinski definition) is 3. The van der Waals surface area contributed by atoms with Gasteiger partial charge in [0.2, 0.25) is 0 Å². The number of nitrogens with zero attached hydrogens (tertiary/aromatic N) is 1. The molecule has 3 aromatic rings. The van der Waals surface area contributed by atoms with E-state index in [1.807, 2.05) is 31.2 Å². The first-order chi connectivity index (χ1) is 14.0. The fraction of sp³-hybridized carbons (Fsp3) is 0.125. The molecule has 0 heterocycles. The maximum Gasteiger partial charge on any atom is 0.162 e. The van der Waals surface area contributed by atoms with Crippen molar-refractivity contribution in [3.63, 3.8) is 0 Å². The SMILES string of the molecule is COc1cc(/C=C(/C#N)c2ccc(C)cc2)c(Br)cc1OCc1ccccc1F. The van der Waals surface area contributed by atoms with Gasteiger partial charge in [0.1, 0.15) is 12.4 Å². The van der Waals surface area contributed by atoms with Crippen molar-refractivity contribution in [2.45, 2.75) is 13.5 Å². The summed E-state index contributed by atoms with van der Waals surface area (Å²) >= 11 is 3.53. The van der Waals surface area contributed by atoms with E-state index >= 15 is 0 Å². The lowest BCUT2D eigenvalue weighted by Crippen LogP contribution is -2.00. The topological polar surface area (TPSA) is 42.2 Å². The van der Waals surface area contributed by atoms with Gasteiger partial charge in [-0.05, 0) is 42.3 Å². The van der Waals surface area contributed by atoms with Gasteiger partial charge in [0, 0.05) is 10.0 Å². The van der Waals surface area contributed by atoms with Crippen LogP contribution < -0.4 is 9.47 Å². The third-order valence-corrected chi connectivity index (χ3v) is 5.09. The molecule has 0 saturated heterocycles. The van der Waals surface area contributed by atoms with Crippen LogP contribution in [0.4, 0.5) is 4.39 Å². The minimum Gasteiger partial charge on any atom is -0.493 e. The van der Waals surface area contributed by atoms with E-state index in [-0.39, 0.29) is 12.4 Å². The van der Waals surface area contributed by atoms with Crippen LogP contribution in [0, 0.1) is 24.1 Å². The van der Waals surface area contributed by atoms with Crippen LogP contribution in [0.5, 0.6) is 11.5 Å².